The maximum absolute atomic E-state index is 2.54. The first-order chi connectivity index (χ1) is 6.73. The molecule has 0 unspecified atom stereocenters. The second-order valence-electron chi connectivity index (χ2n) is 6.31. The molecule has 1 fully saturated rings. The van der Waals surface area contributed by atoms with E-state index in [-0.39, 0.29) is 0 Å². The van der Waals surface area contributed by atoms with Crippen molar-refractivity contribution in [3.63, 3.8) is 0 Å². The van der Waals surface area contributed by atoms with Gasteiger partial charge in [0.25, 0.3) is 0 Å². The van der Waals surface area contributed by atoms with Gasteiger partial charge in [0.05, 0.1) is 0 Å². The molecule has 0 saturated carbocycles. The number of hydrogen-bond acceptors (Lipinski definition) is 1. The first-order valence-electron chi connectivity index (χ1n) is 6.43. The largest absolute Gasteiger partial charge is 0.208 e. The normalized spacial score (nSPS) is 23.2. The van der Waals surface area contributed by atoms with Gasteiger partial charge in [0.1, 0.15) is 13.5 Å². The summed E-state index contributed by atoms with van der Waals surface area (Å²) in [4.78, 5) is 0. The molecule has 1 heterocycles. The van der Waals surface area contributed by atoms with Crippen LogP contribution in [0.15, 0.2) is 0 Å². The zero-order valence-corrected chi connectivity index (χ0v) is 14.5. The van der Waals surface area contributed by atoms with Crippen LogP contribution in [0.25, 0.3) is 0 Å². The van der Waals surface area contributed by atoms with Gasteiger partial charge in [-0.25, -0.2) is 10.7 Å². The molecule has 0 aromatic carbocycles. The Kier molecular flexibility index (Phi) is 3.90. The van der Waals surface area contributed by atoms with E-state index in [0.29, 0.717) is 0 Å². The highest BCUT2D eigenvalue weighted by Gasteiger charge is 2.76. The van der Waals surface area contributed by atoms with Gasteiger partial charge in [-0.15, -0.1) is 0 Å². The molecule has 1 rings (SSSR count). The second kappa shape index (κ2) is 4.23. The molecule has 0 radical (unpaired) electrons. The summed E-state index contributed by atoms with van der Waals surface area (Å²) in [7, 11) is 2.54. The van der Waals surface area contributed by atoms with Crippen LogP contribution in [0.2, 0.25) is 22.2 Å². The average Bonchev–Trinajstić information content (AvgIpc) is 2.74. The van der Waals surface area contributed by atoms with Crippen molar-refractivity contribution in [1.29, 1.82) is 0 Å². The van der Waals surface area contributed by atoms with Gasteiger partial charge in [-0.1, -0.05) is 55.4 Å². The smallest absolute Gasteiger partial charge is 0.119 e. The monoisotopic (exact) mass is 260 g/mol. The van der Waals surface area contributed by atoms with E-state index in [1.807, 2.05) is 0 Å². The Morgan fingerprint density at radius 1 is 0.533 bits per heavy atom. The summed E-state index contributed by atoms with van der Waals surface area (Å²) in [6, 6.07) is 0. The maximum Gasteiger partial charge on any atom is 0.119 e. The molecule has 1 saturated heterocycles. The summed E-state index contributed by atoms with van der Waals surface area (Å²) in [5.74, 6) is 0. The lowest BCUT2D eigenvalue weighted by Gasteiger charge is -2.32. The van der Waals surface area contributed by atoms with Crippen LogP contribution in [-0.2, 0) is 0 Å². The van der Waals surface area contributed by atoms with Crippen LogP contribution in [-0.4, -0.2) is 13.5 Å². The molecule has 90 valence electrons. The Labute approximate surface area is 102 Å². The van der Waals surface area contributed by atoms with Crippen LogP contribution in [0.1, 0.15) is 55.4 Å². The molecule has 0 N–H and O–H groups in total. The van der Waals surface area contributed by atoms with Crippen molar-refractivity contribution >= 4 is 24.1 Å². The van der Waals surface area contributed by atoms with Crippen molar-refractivity contribution in [2.24, 2.45) is 0 Å². The van der Waals surface area contributed by atoms with Crippen molar-refractivity contribution < 1.29 is 0 Å². The Balaban J connectivity index is 3.08. The Morgan fingerprint density at radius 2 is 0.733 bits per heavy atom. The van der Waals surface area contributed by atoms with Crippen molar-refractivity contribution in [2.45, 2.75) is 77.6 Å². The molecule has 0 nitrogen and oxygen atoms in total. The fourth-order valence-corrected chi connectivity index (χ4v) is 54.7. The fourth-order valence-electron chi connectivity index (χ4n) is 3.86. The third-order valence-electron chi connectivity index (χ3n) is 4.34. The summed E-state index contributed by atoms with van der Waals surface area (Å²) < 4.78 is 0. The standard InChI is InChI=1S/C12H28SSi2/c1-9(2)14(10(3)4)13-15(14,11(5)6)12(7)8/h9-12H,1-8H3. The third-order valence-corrected chi connectivity index (χ3v) is 41.4. The predicted octanol–water partition coefficient (Wildman–Crippen LogP) is 5.34. The van der Waals surface area contributed by atoms with E-state index in [1.54, 1.807) is 0 Å². The molecular weight excluding hydrogens is 232 g/mol. The maximum atomic E-state index is 2.54. The highest BCUT2D eigenvalue weighted by molar-refractivity contribution is 8.78. The molecule has 1 aliphatic heterocycles. The van der Waals surface area contributed by atoms with Crippen molar-refractivity contribution in [2.75, 3.05) is 0 Å². The molecule has 0 aromatic heterocycles. The molecule has 3 heteroatoms. The highest BCUT2D eigenvalue weighted by atomic mass is 32.6. The number of hydrogen-bond donors (Lipinski definition) is 0. The van der Waals surface area contributed by atoms with Gasteiger partial charge >= 0.3 is 0 Å². The summed E-state index contributed by atoms with van der Waals surface area (Å²) in [5.41, 5.74) is 3.94. The lowest BCUT2D eigenvalue weighted by Crippen LogP contribution is -2.44. The van der Waals surface area contributed by atoms with E-state index in [2.05, 4.69) is 66.1 Å². The minimum Gasteiger partial charge on any atom is -0.208 e. The molecule has 1 aliphatic rings. The van der Waals surface area contributed by atoms with Crippen LogP contribution in [0.4, 0.5) is 0 Å². The van der Waals surface area contributed by atoms with E-state index in [9.17, 15) is 0 Å². The first kappa shape index (κ1) is 13.8. The van der Waals surface area contributed by atoms with Crippen LogP contribution in [0.5, 0.6) is 0 Å². The topological polar surface area (TPSA) is 0 Å². The molecule has 0 bridgehead atoms. The van der Waals surface area contributed by atoms with Gasteiger partial charge in [-0.2, -0.15) is 0 Å². The lowest BCUT2D eigenvalue weighted by atomic mass is 10.5. The minimum atomic E-state index is -0.958. The summed E-state index contributed by atoms with van der Waals surface area (Å²) >= 11 is 0. The van der Waals surface area contributed by atoms with Gasteiger partial charge in [0.15, 0.2) is 0 Å². The van der Waals surface area contributed by atoms with Gasteiger partial charge < -0.3 is 0 Å². The van der Waals surface area contributed by atoms with Crippen LogP contribution >= 0.6 is 10.7 Å². The van der Waals surface area contributed by atoms with Crippen LogP contribution < -0.4 is 0 Å². The molecule has 15 heavy (non-hydrogen) atoms. The third kappa shape index (κ3) is 1.69. The van der Waals surface area contributed by atoms with Gasteiger partial charge in [0, 0.05) is 0 Å². The van der Waals surface area contributed by atoms with E-state index < -0.39 is 13.5 Å². The van der Waals surface area contributed by atoms with Crippen LogP contribution in [0.3, 0.4) is 0 Å². The Morgan fingerprint density at radius 3 is 0.800 bits per heavy atom. The van der Waals surface area contributed by atoms with Crippen molar-refractivity contribution in [3.8, 4) is 0 Å². The fraction of sp³-hybridized carbons (Fsp3) is 1.00. The SMILES string of the molecule is CC(C)[Si]1(C(C)C)S[Si]1(C(C)C)C(C)C. The first-order valence-corrected chi connectivity index (χ1v) is 14.0. The minimum absolute atomic E-state index is 0.958. The van der Waals surface area contributed by atoms with Gasteiger partial charge in [-0.05, 0) is 22.2 Å². The Bertz CT molecular complexity index is 194. The lowest BCUT2D eigenvalue weighted by molar-refractivity contribution is 0.915. The molecule has 0 aromatic rings. The van der Waals surface area contributed by atoms with E-state index in [1.165, 1.54) is 0 Å². The average molecular weight is 261 g/mol. The zero-order chi connectivity index (χ0) is 12.0. The molecule has 0 aliphatic carbocycles. The Hall–Kier alpha value is 0.784. The molecule has 0 spiro atoms. The molecule has 0 atom stereocenters. The van der Waals surface area contributed by atoms with Gasteiger partial charge in [0.2, 0.25) is 0 Å². The van der Waals surface area contributed by atoms with Gasteiger partial charge in [-0.3, -0.25) is 0 Å². The van der Waals surface area contributed by atoms with Crippen molar-refractivity contribution in [1.82, 2.24) is 0 Å². The highest BCUT2D eigenvalue weighted by Crippen LogP contribution is 2.74. The second-order valence-corrected chi connectivity index (χ2v) is 27.9. The quantitative estimate of drug-likeness (QED) is 0.485. The molecular formula is C12H28SSi2. The summed E-state index contributed by atoms with van der Waals surface area (Å²) in [6.07, 6.45) is 0. The van der Waals surface area contributed by atoms with E-state index >= 15 is 0 Å². The summed E-state index contributed by atoms with van der Waals surface area (Å²) in [6.45, 7) is 18.1. The van der Waals surface area contributed by atoms with E-state index in [4.69, 9.17) is 0 Å². The molecule has 0 amide bonds. The predicted molar refractivity (Wildman–Crippen MR) is 79.5 cm³/mol. The zero-order valence-electron chi connectivity index (χ0n) is 11.7. The van der Waals surface area contributed by atoms with Crippen LogP contribution in [0, 0.1) is 0 Å². The number of rotatable bonds is 4. The van der Waals surface area contributed by atoms with E-state index in [0.717, 1.165) is 22.2 Å². The van der Waals surface area contributed by atoms with Crippen molar-refractivity contribution in [3.05, 3.63) is 0 Å². The summed E-state index contributed by atoms with van der Waals surface area (Å²) in [5, 5.41) is 0.